The lowest BCUT2D eigenvalue weighted by molar-refractivity contribution is -0.121. The molecule has 0 aromatic carbocycles. The van der Waals surface area contributed by atoms with Crippen molar-refractivity contribution in [2.75, 3.05) is 13.1 Å². The highest BCUT2D eigenvalue weighted by Gasteiger charge is 2.34. The summed E-state index contributed by atoms with van der Waals surface area (Å²) in [5, 5.41) is 5.25. The SMILES string of the molecule is O=C(CN1CCCC1C1CCCC1)NC(=O)NC1CC1. The molecule has 0 spiro atoms. The number of nitrogens with one attached hydrogen (secondary N) is 2. The molecule has 1 aliphatic heterocycles. The number of nitrogens with zero attached hydrogens (tertiary/aromatic N) is 1. The summed E-state index contributed by atoms with van der Waals surface area (Å²) in [6, 6.07) is 0.532. The zero-order chi connectivity index (χ0) is 13.9. The molecule has 0 bridgehead atoms. The van der Waals surface area contributed by atoms with E-state index in [1.807, 2.05) is 0 Å². The topological polar surface area (TPSA) is 61.4 Å². The van der Waals surface area contributed by atoms with Crippen LogP contribution in [-0.4, -0.2) is 42.0 Å². The van der Waals surface area contributed by atoms with E-state index in [0.29, 0.717) is 18.6 Å². The summed E-state index contributed by atoms with van der Waals surface area (Å²) < 4.78 is 0. The zero-order valence-corrected chi connectivity index (χ0v) is 12.1. The van der Waals surface area contributed by atoms with Gasteiger partial charge in [-0.05, 0) is 51.0 Å². The lowest BCUT2D eigenvalue weighted by Gasteiger charge is -2.28. The van der Waals surface area contributed by atoms with Gasteiger partial charge < -0.3 is 5.32 Å². The first kappa shape index (κ1) is 13.9. The van der Waals surface area contributed by atoms with E-state index < -0.39 is 0 Å². The van der Waals surface area contributed by atoms with Crippen LogP contribution in [0.2, 0.25) is 0 Å². The number of carbonyl (C=O) groups is 2. The Hall–Kier alpha value is -1.10. The monoisotopic (exact) mass is 279 g/mol. The minimum atomic E-state index is -0.325. The molecule has 1 saturated heterocycles. The summed E-state index contributed by atoms with van der Waals surface area (Å²) in [5.74, 6) is 0.610. The molecule has 1 unspecified atom stereocenters. The molecule has 112 valence electrons. The third kappa shape index (κ3) is 3.51. The average Bonchev–Trinajstić information content (AvgIpc) is 2.91. The number of hydrogen-bond acceptors (Lipinski definition) is 3. The summed E-state index contributed by atoms with van der Waals surface area (Å²) in [7, 11) is 0. The van der Waals surface area contributed by atoms with Crippen LogP contribution in [0.15, 0.2) is 0 Å². The Bertz CT molecular complexity index is 375. The van der Waals surface area contributed by atoms with Gasteiger partial charge in [0.05, 0.1) is 6.54 Å². The Morgan fingerprint density at radius 2 is 1.75 bits per heavy atom. The van der Waals surface area contributed by atoms with Crippen molar-refractivity contribution in [2.45, 2.75) is 63.5 Å². The first-order valence-electron chi connectivity index (χ1n) is 8.07. The lowest BCUT2D eigenvalue weighted by atomic mass is 9.96. The molecule has 0 aromatic rings. The van der Waals surface area contributed by atoms with Gasteiger partial charge in [0.25, 0.3) is 0 Å². The van der Waals surface area contributed by atoms with Gasteiger partial charge in [-0.3, -0.25) is 15.0 Å². The third-order valence-electron chi connectivity index (χ3n) is 4.87. The molecule has 1 atom stereocenters. The maximum absolute atomic E-state index is 12.0. The van der Waals surface area contributed by atoms with E-state index in [1.54, 1.807) is 0 Å². The van der Waals surface area contributed by atoms with Crippen LogP contribution in [0.5, 0.6) is 0 Å². The molecule has 3 fully saturated rings. The Morgan fingerprint density at radius 3 is 2.45 bits per heavy atom. The van der Waals surface area contributed by atoms with E-state index in [-0.39, 0.29) is 11.9 Å². The van der Waals surface area contributed by atoms with Crippen molar-refractivity contribution in [3.63, 3.8) is 0 Å². The van der Waals surface area contributed by atoms with Gasteiger partial charge in [-0.25, -0.2) is 4.79 Å². The number of carbonyl (C=O) groups excluding carboxylic acids is 2. The van der Waals surface area contributed by atoms with E-state index in [1.165, 1.54) is 38.5 Å². The average molecular weight is 279 g/mol. The van der Waals surface area contributed by atoms with E-state index in [4.69, 9.17) is 0 Å². The third-order valence-corrected chi connectivity index (χ3v) is 4.87. The van der Waals surface area contributed by atoms with Crippen molar-refractivity contribution in [2.24, 2.45) is 5.92 Å². The minimum absolute atomic E-state index is 0.159. The van der Waals surface area contributed by atoms with Gasteiger partial charge in [-0.2, -0.15) is 0 Å². The van der Waals surface area contributed by atoms with Crippen LogP contribution in [0.1, 0.15) is 51.4 Å². The van der Waals surface area contributed by atoms with Crippen molar-refractivity contribution in [1.29, 1.82) is 0 Å². The highest BCUT2D eigenvalue weighted by molar-refractivity contribution is 5.95. The second-order valence-electron chi connectivity index (χ2n) is 6.52. The molecular weight excluding hydrogens is 254 g/mol. The molecule has 2 N–H and O–H groups in total. The van der Waals surface area contributed by atoms with Gasteiger partial charge in [0, 0.05) is 12.1 Å². The molecular formula is C15H25N3O2. The van der Waals surface area contributed by atoms with Gasteiger partial charge >= 0.3 is 6.03 Å². The summed E-state index contributed by atoms with van der Waals surface area (Å²) in [6.07, 6.45) is 9.77. The van der Waals surface area contributed by atoms with Gasteiger partial charge in [0.15, 0.2) is 0 Å². The summed E-state index contributed by atoms with van der Waals surface area (Å²) in [6.45, 7) is 1.37. The molecule has 3 aliphatic rings. The second kappa shape index (κ2) is 6.12. The largest absolute Gasteiger partial charge is 0.335 e. The van der Waals surface area contributed by atoms with Gasteiger partial charge in [0.1, 0.15) is 0 Å². The molecule has 1 heterocycles. The fourth-order valence-corrected chi connectivity index (χ4v) is 3.72. The Labute approximate surface area is 120 Å². The van der Waals surface area contributed by atoms with Crippen molar-refractivity contribution < 1.29 is 9.59 Å². The van der Waals surface area contributed by atoms with Crippen LogP contribution in [0.4, 0.5) is 4.79 Å². The Morgan fingerprint density at radius 1 is 1.00 bits per heavy atom. The number of urea groups is 1. The highest BCUT2D eigenvalue weighted by Crippen LogP contribution is 2.35. The molecule has 2 aliphatic carbocycles. The van der Waals surface area contributed by atoms with Gasteiger partial charge in [0.2, 0.25) is 5.91 Å². The van der Waals surface area contributed by atoms with E-state index in [9.17, 15) is 9.59 Å². The molecule has 2 saturated carbocycles. The zero-order valence-electron chi connectivity index (χ0n) is 12.1. The van der Waals surface area contributed by atoms with Crippen LogP contribution < -0.4 is 10.6 Å². The van der Waals surface area contributed by atoms with Crippen LogP contribution in [-0.2, 0) is 4.79 Å². The summed E-state index contributed by atoms with van der Waals surface area (Å²) in [4.78, 5) is 25.8. The smallest absolute Gasteiger partial charge is 0.321 e. The predicted molar refractivity (Wildman–Crippen MR) is 76.2 cm³/mol. The number of hydrogen-bond donors (Lipinski definition) is 2. The molecule has 3 amide bonds. The van der Waals surface area contributed by atoms with Gasteiger partial charge in [-0.15, -0.1) is 0 Å². The van der Waals surface area contributed by atoms with Crippen molar-refractivity contribution in [3.8, 4) is 0 Å². The molecule has 20 heavy (non-hydrogen) atoms. The van der Waals surface area contributed by atoms with Crippen molar-refractivity contribution in [3.05, 3.63) is 0 Å². The molecule has 5 nitrogen and oxygen atoms in total. The quantitative estimate of drug-likeness (QED) is 0.822. The van der Waals surface area contributed by atoms with E-state index in [2.05, 4.69) is 15.5 Å². The number of likely N-dealkylation sites (tertiary alicyclic amines) is 1. The summed E-state index contributed by atoms with van der Waals surface area (Å²) in [5.41, 5.74) is 0. The Kier molecular flexibility index (Phi) is 4.24. The highest BCUT2D eigenvalue weighted by atomic mass is 16.2. The predicted octanol–water partition coefficient (Wildman–Crippen LogP) is 1.63. The minimum Gasteiger partial charge on any atom is -0.335 e. The summed E-state index contributed by atoms with van der Waals surface area (Å²) >= 11 is 0. The van der Waals surface area contributed by atoms with Crippen LogP contribution in [0.3, 0.4) is 0 Å². The maximum Gasteiger partial charge on any atom is 0.321 e. The standard InChI is InChI=1S/C15H25N3O2/c19-14(17-15(20)16-12-7-8-12)10-18-9-3-6-13(18)11-4-1-2-5-11/h11-13H,1-10H2,(H2,16,17,19,20). The molecule has 0 aromatic heterocycles. The maximum atomic E-state index is 12.0. The first-order valence-corrected chi connectivity index (χ1v) is 8.07. The fraction of sp³-hybridized carbons (Fsp3) is 0.867. The number of rotatable bonds is 4. The van der Waals surface area contributed by atoms with Crippen molar-refractivity contribution >= 4 is 11.9 Å². The Balaban J connectivity index is 1.45. The first-order chi connectivity index (χ1) is 9.72. The van der Waals surface area contributed by atoms with E-state index in [0.717, 1.165) is 25.3 Å². The number of amides is 3. The molecule has 5 heteroatoms. The van der Waals surface area contributed by atoms with Crippen LogP contribution >= 0.6 is 0 Å². The normalized spacial score (nSPS) is 27.7. The van der Waals surface area contributed by atoms with Crippen LogP contribution in [0, 0.1) is 5.92 Å². The lowest BCUT2D eigenvalue weighted by Crippen LogP contribution is -2.47. The van der Waals surface area contributed by atoms with Crippen LogP contribution in [0.25, 0.3) is 0 Å². The second-order valence-corrected chi connectivity index (χ2v) is 6.52. The van der Waals surface area contributed by atoms with E-state index >= 15 is 0 Å². The van der Waals surface area contributed by atoms with Crippen molar-refractivity contribution in [1.82, 2.24) is 15.5 Å². The molecule has 0 radical (unpaired) electrons. The molecule has 3 rings (SSSR count). The fourth-order valence-electron chi connectivity index (χ4n) is 3.72. The number of imide groups is 1. The van der Waals surface area contributed by atoms with Gasteiger partial charge in [-0.1, -0.05) is 12.8 Å².